The standard InChI is InChI=1S/C11H14N2O3/c1-8-5-4-6-12-10(8)11(15)13(2)7-9(14)16-3/h4-6H,7H2,1-3H3. The molecule has 0 aromatic carbocycles. The van der Waals surface area contributed by atoms with Gasteiger partial charge in [-0.25, -0.2) is 0 Å². The van der Waals surface area contributed by atoms with E-state index < -0.39 is 5.97 Å². The second kappa shape index (κ2) is 5.25. The summed E-state index contributed by atoms with van der Waals surface area (Å²) in [6.07, 6.45) is 1.55. The largest absolute Gasteiger partial charge is 0.468 e. The van der Waals surface area contributed by atoms with E-state index >= 15 is 0 Å². The molecule has 16 heavy (non-hydrogen) atoms. The number of esters is 1. The Balaban J connectivity index is 2.79. The zero-order chi connectivity index (χ0) is 12.1. The van der Waals surface area contributed by atoms with Gasteiger partial charge in [-0.2, -0.15) is 0 Å². The summed E-state index contributed by atoms with van der Waals surface area (Å²) in [7, 11) is 2.82. The molecule has 0 N–H and O–H groups in total. The van der Waals surface area contributed by atoms with Crippen molar-refractivity contribution in [2.45, 2.75) is 6.92 Å². The maximum Gasteiger partial charge on any atom is 0.325 e. The number of likely N-dealkylation sites (N-methyl/N-ethyl adjacent to an activating group) is 1. The van der Waals surface area contributed by atoms with E-state index in [1.807, 2.05) is 0 Å². The number of hydrogen-bond donors (Lipinski definition) is 0. The molecule has 5 nitrogen and oxygen atoms in total. The van der Waals surface area contributed by atoms with Crippen LogP contribution in [0.5, 0.6) is 0 Å². The van der Waals surface area contributed by atoms with Gasteiger partial charge in [0.05, 0.1) is 7.11 Å². The van der Waals surface area contributed by atoms with Crippen LogP contribution in [0.4, 0.5) is 0 Å². The first kappa shape index (κ1) is 12.2. The first-order chi connectivity index (χ1) is 7.56. The second-order valence-electron chi connectivity index (χ2n) is 3.41. The molecule has 0 saturated carbocycles. The molecule has 0 radical (unpaired) electrons. The van der Waals surface area contributed by atoms with Crippen LogP contribution in [-0.2, 0) is 9.53 Å². The molecular formula is C11H14N2O3. The van der Waals surface area contributed by atoms with E-state index in [1.165, 1.54) is 19.1 Å². The van der Waals surface area contributed by atoms with Gasteiger partial charge in [-0.15, -0.1) is 0 Å². The first-order valence-corrected chi connectivity index (χ1v) is 4.80. The Morgan fingerprint density at radius 1 is 1.50 bits per heavy atom. The van der Waals surface area contributed by atoms with Crippen LogP contribution in [0.2, 0.25) is 0 Å². The maximum atomic E-state index is 11.9. The Morgan fingerprint density at radius 3 is 2.75 bits per heavy atom. The zero-order valence-electron chi connectivity index (χ0n) is 9.56. The Labute approximate surface area is 94.0 Å². The smallest absolute Gasteiger partial charge is 0.325 e. The minimum absolute atomic E-state index is 0.0780. The Hall–Kier alpha value is -1.91. The van der Waals surface area contributed by atoms with Crippen molar-refractivity contribution >= 4 is 11.9 Å². The number of nitrogens with zero attached hydrogens (tertiary/aromatic N) is 2. The number of ether oxygens (including phenoxy) is 1. The molecule has 0 aliphatic rings. The van der Waals surface area contributed by atoms with Gasteiger partial charge in [-0.3, -0.25) is 14.6 Å². The number of hydrogen-bond acceptors (Lipinski definition) is 4. The number of aromatic nitrogens is 1. The van der Waals surface area contributed by atoms with E-state index in [-0.39, 0.29) is 12.5 Å². The Morgan fingerprint density at radius 2 is 2.19 bits per heavy atom. The predicted molar refractivity (Wildman–Crippen MR) is 58.0 cm³/mol. The van der Waals surface area contributed by atoms with Gasteiger partial charge in [-0.1, -0.05) is 6.07 Å². The molecule has 0 spiro atoms. The van der Waals surface area contributed by atoms with E-state index in [0.29, 0.717) is 5.69 Å². The molecule has 1 amide bonds. The highest BCUT2D eigenvalue weighted by Crippen LogP contribution is 2.06. The van der Waals surface area contributed by atoms with Crippen molar-refractivity contribution in [1.82, 2.24) is 9.88 Å². The van der Waals surface area contributed by atoms with Crippen LogP contribution >= 0.6 is 0 Å². The summed E-state index contributed by atoms with van der Waals surface area (Å²) in [5.74, 6) is -0.743. The van der Waals surface area contributed by atoms with Crippen LogP contribution in [0.25, 0.3) is 0 Å². The summed E-state index contributed by atoms with van der Waals surface area (Å²) in [5, 5.41) is 0. The van der Waals surface area contributed by atoms with Crippen molar-refractivity contribution in [3.63, 3.8) is 0 Å². The molecule has 86 valence electrons. The fourth-order valence-corrected chi connectivity index (χ4v) is 1.22. The van der Waals surface area contributed by atoms with Crippen molar-refractivity contribution in [2.75, 3.05) is 20.7 Å². The highest BCUT2D eigenvalue weighted by Gasteiger charge is 2.17. The van der Waals surface area contributed by atoms with Crippen molar-refractivity contribution in [1.29, 1.82) is 0 Å². The quantitative estimate of drug-likeness (QED) is 0.704. The minimum atomic E-state index is -0.454. The Kier molecular flexibility index (Phi) is 3.99. The topological polar surface area (TPSA) is 59.5 Å². The summed E-state index contributed by atoms with van der Waals surface area (Å²) in [6, 6.07) is 3.55. The molecule has 0 bridgehead atoms. The highest BCUT2D eigenvalue weighted by molar-refractivity contribution is 5.95. The average Bonchev–Trinajstić information content (AvgIpc) is 2.28. The van der Waals surface area contributed by atoms with Crippen molar-refractivity contribution in [3.05, 3.63) is 29.6 Å². The fraction of sp³-hybridized carbons (Fsp3) is 0.364. The van der Waals surface area contributed by atoms with E-state index in [9.17, 15) is 9.59 Å². The van der Waals surface area contributed by atoms with Gasteiger partial charge in [0.1, 0.15) is 12.2 Å². The van der Waals surface area contributed by atoms with E-state index in [4.69, 9.17) is 0 Å². The molecule has 1 rings (SSSR count). The van der Waals surface area contributed by atoms with Crippen molar-refractivity contribution < 1.29 is 14.3 Å². The van der Waals surface area contributed by atoms with Gasteiger partial charge in [0.25, 0.3) is 5.91 Å². The number of pyridine rings is 1. The lowest BCUT2D eigenvalue weighted by Gasteiger charge is -2.15. The normalized spacial score (nSPS) is 9.69. The monoisotopic (exact) mass is 222 g/mol. The summed E-state index contributed by atoms with van der Waals surface area (Å²) in [5.41, 5.74) is 1.14. The summed E-state index contributed by atoms with van der Waals surface area (Å²) >= 11 is 0. The van der Waals surface area contributed by atoms with E-state index in [0.717, 1.165) is 5.56 Å². The fourth-order valence-electron chi connectivity index (χ4n) is 1.22. The third kappa shape index (κ3) is 2.79. The zero-order valence-corrected chi connectivity index (χ0v) is 9.56. The molecule has 0 aliphatic carbocycles. The average molecular weight is 222 g/mol. The lowest BCUT2D eigenvalue weighted by atomic mass is 10.2. The predicted octanol–water partition coefficient (Wildman–Crippen LogP) is 0.635. The van der Waals surface area contributed by atoms with Crippen LogP contribution in [0.1, 0.15) is 16.1 Å². The summed E-state index contributed by atoms with van der Waals surface area (Å²) in [6.45, 7) is 1.72. The second-order valence-corrected chi connectivity index (χ2v) is 3.41. The summed E-state index contributed by atoms with van der Waals surface area (Å²) < 4.78 is 4.48. The molecule has 5 heteroatoms. The molecular weight excluding hydrogens is 208 g/mol. The van der Waals surface area contributed by atoms with Crippen LogP contribution in [0, 0.1) is 6.92 Å². The van der Waals surface area contributed by atoms with Gasteiger partial charge in [-0.05, 0) is 18.6 Å². The molecule has 0 fully saturated rings. The molecule has 0 unspecified atom stereocenters. The van der Waals surface area contributed by atoms with Gasteiger partial charge >= 0.3 is 5.97 Å². The molecule has 0 aliphatic heterocycles. The number of methoxy groups -OCH3 is 1. The molecule has 1 aromatic heterocycles. The van der Waals surface area contributed by atoms with E-state index in [2.05, 4.69) is 9.72 Å². The van der Waals surface area contributed by atoms with Crippen molar-refractivity contribution in [2.24, 2.45) is 0 Å². The number of amides is 1. The van der Waals surface area contributed by atoms with Crippen molar-refractivity contribution in [3.8, 4) is 0 Å². The third-order valence-electron chi connectivity index (χ3n) is 2.15. The first-order valence-electron chi connectivity index (χ1n) is 4.80. The number of aryl methyl sites for hydroxylation is 1. The third-order valence-corrected chi connectivity index (χ3v) is 2.15. The van der Waals surface area contributed by atoms with Crippen LogP contribution in [-0.4, -0.2) is 42.5 Å². The van der Waals surface area contributed by atoms with Crippen LogP contribution < -0.4 is 0 Å². The van der Waals surface area contributed by atoms with Gasteiger partial charge < -0.3 is 9.64 Å². The minimum Gasteiger partial charge on any atom is -0.468 e. The van der Waals surface area contributed by atoms with Gasteiger partial charge in [0, 0.05) is 13.2 Å². The highest BCUT2D eigenvalue weighted by atomic mass is 16.5. The molecule has 0 saturated heterocycles. The lowest BCUT2D eigenvalue weighted by molar-refractivity contribution is -0.141. The lowest BCUT2D eigenvalue weighted by Crippen LogP contribution is -2.33. The SMILES string of the molecule is COC(=O)CN(C)C(=O)c1ncccc1C. The molecule has 1 aromatic rings. The van der Waals surface area contributed by atoms with Gasteiger partial charge in [0.2, 0.25) is 0 Å². The summed E-state index contributed by atoms with van der Waals surface area (Å²) in [4.78, 5) is 28.1. The molecule has 1 heterocycles. The number of carbonyl (C=O) groups excluding carboxylic acids is 2. The number of carbonyl (C=O) groups is 2. The van der Waals surface area contributed by atoms with E-state index in [1.54, 1.807) is 25.3 Å². The Bertz CT molecular complexity index is 404. The van der Waals surface area contributed by atoms with Crippen LogP contribution in [0.3, 0.4) is 0 Å². The van der Waals surface area contributed by atoms with Gasteiger partial charge in [0.15, 0.2) is 0 Å². The number of rotatable bonds is 3. The maximum absolute atomic E-state index is 11.9. The molecule has 0 atom stereocenters. The van der Waals surface area contributed by atoms with Crippen LogP contribution in [0.15, 0.2) is 18.3 Å².